The van der Waals surface area contributed by atoms with Gasteiger partial charge in [0.25, 0.3) is 0 Å². The fraction of sp³-hybridized carbons (Fsp3) is 0.737. The van der Waals surface area contributed by atoms with Gasteiger partial charge in [0.15, 0.2) is 5.96 Å². The first-order valence-electron chi connectivity index (χ1n) is 9.51. The van der Waals surface area contributed by atoms with E-state index in [0.29, 0.717) is 23.5 Å². The molecule has 4 nitrogen and oxygen atoms in total. The summed E-state index contributed by atoms with van der Waals surface area (Å²) in [5.41, 5.74) is 0.398. The zero-order valence-electron chi connectivity index (χ0n) is 14.8. The SMILES string of the molecule is CCNC(=NCc1ccc(CC)s1)NC1C2CCOC2C12CCC2. The van der Waals surface area contributed by atoms with Gasteiger partial charge >= 0.3 is 0 Å². The van der Waals surface area contributed by atoms with Gasteiger partial charge in [-0.15, -0.1) is 11.3 Å². The first-order chi connectivity index (χ1) is 11.8. The number of guanidine groups is 1. The van der Waals surface area contributed by atoms with Gasteiger partial charge in [0.05, 0.1) is 12.6 Å². The fourth-order valence-electron chi connectivity index (χ4n) is 4.78. The molecule has 2 aliphatic carbocycles. The summed E-state index contributed by atoms with van der Waals surface area (Å²) in [6.07, 6.45) is 6.81. The highest BCUT2D eigenvalue weighted by molar-refractivity contribution is 7.11. The lowest BCUT2D eigenvalue weighted by Gasteiger charge is -2.63. The minimum Gasteiger partial charge on any atom is -0.377 e. The molecular weight excluding hydrogens is 318 g/mol. The summed E-state index contributed by atoms with van der Waals surface area (Å²) in [6, 6.07) is 4.99. The molecule has 1 saturated heterocycles. The number of rotatable bonds is 5. The summed E-state index contributed by atoms with van der Waals surface area (Å²) < 4.78 is 6.03. The quantitative estimate of drug-likeness (QED) is 0.634. The molecule has 1 aromatic heterocycles. The Bertz CT molecular complexity index is 608. The Morgan fingerprint density at radius 1 is 1.33 bits per heavy atom. The highest BCUT2D eigenvalue weighted by Crippen LogP contribution is 2.62. The number of nitrogens with one attached hydrogen (secondary N) is 2. The van der Waals surface area contributed by atoms with E-state index in [0.717, 1.165) is 32.1 Å². The molecule has 24 heavy (non-hydrogen) atoms. The number of nitrogens with zero attached hydrogens (tertiary/aromatic N) is 1. The van der Waals surface area contributed by atoms with Crippen molar-refractivity contribution in [3.8, 4) is 0 Å². The third kappa shape index (κ3) is 2.66. The van der Waals surface area contributed by atoms with Crippen molar-refractivity contribution < 1.29 is 4.74 Å². The summed E-state index contributed by atoms with van der Waals surface area (Å²) in [5.74, 6) is 1.66. The topological polar surface area (TPSA) is 45.7 Å². The molecule has 3 unspecified atom stereocenters. The molecular formula is C19H29N3OS. The van der Waals surface area contributed by atoms with Gasteiger partial charge in [0, 0.05) is 40.3 Å². The Kier molecular flexibility index (Phi) is 4.56. The summed E-state index contributed by atoms with van der Waals surface area (Å²) in [5, 5.41) is 7.21. The van der Waals surface area contributed by atoms with E-state index in [-0.39, 0.29) is 0 Å². The molecule has 0 aromatic carbocycles. The predicted octanol–water partition coefficient (Wildman–Crippen LogP) is 3.32. The van der Waals surface area contributed by atoms with Gasteiger partial charge in [-0.05, 0) is 44.7 Å². The number of hydrogen-bond acceptors (Lipinski definition) is 3. The second-order valence-electron chi connectivity index (χ2n) is 7.37. The molecule has 0 bridgehead atoms. The van der Waals surface area contributed by atoms with Crippen LogP contribution in [-0.2, 0) is 17.7 Å². The van der Waals surface area contributed by atoms with Crippen molar-refractivity contribution >= 4 is 17.3 Å². The summed E-state index contributed by atoms with van der Waals surface area (Å²) >= 11 is 1.88. The van der Waals surface area contributed by atoms with Crippen LogP contribution in [0.2, 0.25) is 0 Å². The van der Waals surface area contributed by atoms with Crippen molar-refractivity contribution in [3.05, 3.63) is 21.9 Å². The standard InChI is InChI=1S/C19H29N3OS/c1-3-13-6-7-14(24-13)12-21-18(20-4-2)22-16-15-8-11-23-17(15)19(16)9-5-10-19/h6-7,15-17H,3-5,8-12H2,1-2H3,(H2,20,21,22). The molecule has 2 heterocycles. The average molecular weight is 348 g/mol. The maximum atomic E-state index is 6.03. The number of aliphatic imine (C=N–C) groups is 1. The van der Waals surface area contributed by atoms with Crippen LogP contribution in [0.1, 0.15) is 49.3 Å². The van der Waals surface area contributed by atoms with E-state index in [9.17, 15) is 0 Å². The molecule has 3 fully saturated rings. The van der Waals surface area contributed by atoms with Crippen LogP contribution in [0, 0.1) is 11.3 Å². The molecule has 1 aliphatic heterocycles. The van der Waals surface area contributed by atoms with Gasteiger partial charge in [-0.25, -0.2) is 4.99 Å². The fourth-order valence-corrected chi connectivity index (χ4v) is 5.66. The first-order valence-corrected chi connectivity index (χ1v) is 10.3. The summed E-state index contributed by atoms with van der Waals surface area (Å²) in [4.78, 5) is 7.64. The van der Waals surface area contributed by atoms with Gasteiger partial charge in [-0.3, -0.25) is 0 Å². The number of fused-ring (bicyclic) bond motifs is 2. The molecule has 2 N–H and O–H groups in total. The number of ether oxygens (including phenoxy) is 1. The van der Waals surface area contributed by atoms with E-state index in [4.69, 9.17) is 9.73 Å². The van der Waals surface area contributed by atoms with E-state index >= 15 is 0 Å². The van der Waals surface area contributed by atoms with Crippen molar-refractivity contribution in [1.82, 2.24) is 10.6 Å². The zero-order chi connectivity index (χ0) is 16.6. The van der Waals surface area contributed by atoms with Gasteiger partial charge in [-0.2, -0.15) is 0 Å². The predicted molar refractivity (Wildman–Crippen MR) is 99.6 cm³/mol. The van der Waals surface area contributed by atoms with Gasteiger partial charge in [0.2, 0.25) is 0 Å². The minimum atomic E-state index is 0.398. The molecule has 4 rings (SSSR count). The van der Waals surface area contributed by atoms with E-state index in [1.165, 1.54) is 35.4 Å². The molecule has 2 saturated carbocycles. The summed E-state index contributed by atoms with van der Waals surface area (Å²) in [7, 11) is 0. The Hall–Kier alpha value is -1.07. The van der Waals surface area contributed by atoms with Crippen molar-refractivity contribution in [2.45, 2.75) is 64.6 Å². The van der Waals surface area contributed by atoms with Crippen LogP contribution < -0.4 is 10.6 Å². The van der Waals surface area contributed by atoms with Crippen molar-refractivity contribution in [2.24, 2.45) is 16.3 Å². The molecule has 132 valence electrons. The van der Waals surface area contributed by atoms with Crippen molar-refractivity contribution in [3.63, 3.8) is 0 Å². The highest BCUT2D eigenvalue weighted by Gasteiger charge is 2.66. The van der Waals surface area contributed by atoms with Gasteiger partial charge in [0.1, 0.15) is 0 Å². The van der Waals surface area contributed by atoms with Crippen LogP contribution in [0.3, 0.4) is 0 Å². The second kappa shape index (κ2) is 6.68. The van der Waals surface area contributed by atoms with Crippen LogP contribution in [0.4, 0.5) is 0 Å². The third-order valence-corrected chi connectivity index (χ3v) is 7.35. The first kappa shape index (κ1) is 16.4. The van der Waals surface area contributed by atoms with Crippen LogP contribution in [0.5, 0.6) is 0 Å². The van der Waals surface area contributed by atoms with Crippen LogP contribution >= 0.6 is 11.3 Å². The monoisotopic (exact) mass is 347 g/mol. The Balaban J connectivity index is 1.44. The normalized spacial score (nSPS) is 30.6. The van der Waals surface area contributed by atoms with Gasteiger partial charge < -0.3 is 15.4 Å². The zero-order valence-corrected chi connectivity index (χ0v) is 15.6. The maximum absolute atomic E-state index is 6.03. The summed E-state index contributed by atoms with van der Waals surface area (Å²) in [6.45, 7) is 6.96. The van der Waals surface area contributed by atoms with Gasteiger partial charge in [-0.1, -0.05) is 13.3 Å². The maximum Gasteiger partial charge on any atom is 0.191 e. The Labute approximate surface area is 149 Å². The van der Waals surface area contributed by atoms with Crippen LogP contribution in [-0.4, -0.2) is 31.3 Å². The lowest BCUT2D eigenvalue weighted by atomic mass is 9.46. The molecule has 5 heteroatoms. The minimum absolute atomic E-state index is 0.398. The van der Waals surface area contributed by atoms with E-state index < -0.39 is 0 Å². The number of aryl methyl sites for hydroxylation is 1. The average Bonchev–Trinajstić information content (AvgIpc) is 3.16. The second-order valence-corrected chi connectivity index (χ2v) is 8.62. The molecule has 3 aliphatic rings. The third-order valence-electron chi connectivity index (χ3n) is 6.13. The lowest BCUT2D eigenvalue weighted by Crippen LogP contribution is -2.72. The Morgan fingerprint density at radius 2 is 2.17 bits per heavy atom. The smallest absolute Gasteiger partial charge is 0.191 e. The van der Waals surface area contributed by atoms with E-state index in [1.807, 2.05) is 11.3 Å². The molecule has 1 spiro atoms. The van der Waals surface area contributed by atoms with Crippen molar-refractivity contribution in [1.29, 1.82) is 0 Å². The number of thiophene rings is 1. The molecule has 0 radical (unpaired) electrons. The molecule has 3 atom stereocenters. The van der Waals surface area contributed by atoms with Crippen LogP contribution in [0.25, 0.3) is 0 Å². The van der Waals surface area contributed by atoms with Crippen molar-refractivity contribution in [2.75, 3.05) is 13.2 Å². The molecule has 0 amide bonds. The number of hydrogen-bond donors (Lipinski definition) is 2. The van der Waals surface area contributed by atoms with Crippen LogP contribution in [0.15, 0.2) is 17.1 Å². The van der Waals surface area contributed by atoms with E-state index in [2.05, 4.69) is 36.6 Å². The molecule has 1 aromatic rings. The van der Waals surface area contributed by atoms with E-state index in [1.54, 1.807) is 0 Å². The lowest BCUT2D eigenvalue weighted by molar-refractivity contribution is -0.171. The Morgan fingerprint density at radius 3 is 2.83 bits per heavy atom. The highest BCUT2D eigenvalue weighted by atomic mass is 32.1. The largest absolute Gasteiger partial charge is 0.377 e.